The summed E-state index contributed by atoms with van der Waals surface area (Å²) in [7, 11) is 0. The number of aromatic nitrogens is 2. The molecule has 2 aromatic carbocycles. The molecule has 1 aromatic heterocycles. The highest BCUT2D eigenvalue weighted by Gasteiger charge is 2.15. The van der Waals surface area contributed by atoms with Crippen LogP contribution in [0.2, 0.25) is 0 Å². The predicted molar refractivity (Wildman–Crippen MR) is 97.7 cm³/mol. The van der Waals surface area contributed by atoms with Crippen molar-refractivity contribution in [1.29, 1.82) is 5.26 Å². The summed E-state index contributed by atoms with van der Waals surface area (Å²) in [6.45, 7) is 0.606. The fraction of sp³-hybridized carbons (Fsp3) is 0.105. The molecule has 5 heteroatoms. The first-order valence-corrected chi connectivity index (χ1v) is 8.73. The standard InChI is InChI=1S/C19H16N4S/c1-24-19-22-17(15-10-6-3-7-11-15)16(12-20)18(23-19)21-13-14-8-4-2-5-9-14/h2-11H,13H2,1H3,(H,21,22,23). The minimum absolute atomic E-state index is 0.468. The molecule has 3 aromatic rings. The molecule has 0 aliphatic heterocycles. The van der Waals surface area contributed by atoms with Crippen LogP contribution in [0.4, 0.5) is 5.82 Å². The first kappa shape index (κ1) is 16.0. The zero-order valence-corrected chi connectivity index (χ0v) is 14.0. The molecule has 0 saturated carbocycles. The van der Waals surface area contributed by atoms with Crippen LogP contribution in [0.15, 0.2) is 65.8 Å². The highest BCUT2D eigenvalue weighted by atomic mass is 32.2. The Labute approximate surface area is 145 Å². The molecule has 0 aliphatic carbocycles. The second kappa shape index (κ2) is 7.62. The van der Waals surface area contributed by atoms with Crippen molar-refractivity contribution in [2.75, 3.05) is 11.6 Å². The average Bonchev–Trinajstić information content (AvgIpc) is 2.67. The van der Waals surface area contributed by atoms with Gasteiger partial charge in [0, 0.05) is 12.1 Å². The van der Waals surface area contributed by atoms with Crippen molar-refractivity contribution in [3.63, 3.8) is 0 Å². The van der Waals surface area contributed by atoms with E-state index in [1.54, 1.807) is 0 Å². The fourth-order valence-corrected chi connectivity index (χ4v) is 2.72. The highest BCUT2D eigenvalue weighted by Crippen LogP contribution is 2.28. The maximum atomic E-state index is 9.64. The van der Waals surface area contributed by atoms with Crippen molar-refractivity contribution < 1.29 is 0 Å². The Morgan fingerprint density at radius 1 is 1.00 bits per heavy atom. The molecule has 4 nitrogen and oxygen atoms in total. The van der Waals surface area contributed by atoms with E-state index in [1.165, 1.54) is 11.8 Å². The van der Waals surface area contributed by atoms with Crippen LogP contribution in [0.3, 0.4) is 0 Å². The number of nitriles is 1. The largest absolute Gasteiger partial charge is 0.365 e. The van der Waals surface area contributed by atoms with Gasteiger partial charge in [-0.25, -0.2) is 9.97 Å². The Kier molecular flexibility index (Phi) is 5.09. The molecule has 0 aliphatic rings. The number of rotatable bonds is 5. The molecule has 0 unspecified atom stereocenters. The Bertz CT molecular complexity index is 858. The predicted octanol–water partition coefficient (Wildman–Crippen LogP) is 4.35. The number of nitrogens with zero attached hydrogens (tertiary/aromatic N) is 3. The van der Waals surface area contributed by atoms with E-state index in [0.717, 1.165) is 11.1 Å². The van der Waals surface area contributed by atoms with Crippen LogP contribution in [-0.2, 0) is 6.54 Å². The number of hydrogen-bond acceptors (Lipinski definition) is 5. The summed E-state index contributed by atoms with van der Waals surface area (Å²) in [5.74, 6) is 0.569. The SMILES string of the molecule is CSc1nc(NCc2ccccc2)c(C#N)c(-c2ccccc2)n1. The van der Waals surface area contributed by atoms with Gasteiger partial charge >= 0.3 is 0 Å². The summed E-state index contributed by atoms with van der Waals surface area (Å²) in [6, 6.07) is 22.0. The van der Waals surface area contributed by atoms with Crippen LogP contribution < -0.4 is 5.32 Å². The first-order valence-electron chi connectivity index (χ1n) is 7.51. The van der Waals surface area contributed by atoms with Crippen LogP contribution in [0.1, 0.15) is 11.1 Å². The van der Waals surface area contributed by atoms with Crippen LogP contribution >= 0.6 is 11.8 Å². The zero-order valence-electron chi connectivity index (χ0n) is 13.2. The fourth-order valence-electron chi connectivity index (χ4n) is 2.35. The van der Waals surface area contributed by atoms with Crippen molar-refractivity contribution in [2.45, 2.75) is 11.7 Å². The van der Waals surface area contributed by atoms with Gasteiger partial charge < -0.3 is 5.32 Å². The molecule has 0 spiro atoms. The van der Waals surface area contributed by atoms with Gasteiger partial charge in [-0.1, -0.05) is 72.4 Å². The normalized spacial score (nSPS) is 10.2. The number of thioether (sulfide) groups is 1. The molecule has 118 valence electrons. The molecule has 0 atom stereocenters. The maximum absolute atomic E-state index is 9.64. The number of anilines is 1. The summed E-state index contributed by atoms with van der Waals surface area (Å²) in [5, 5.41) is 13.6. The zero-order chi connectivity index (χ0) is 16.8. The van der Waals surface area contributed by atoms with E-state index in [-0.39, 0.29) is 0 Å². The minimum Gasteiger partial charge on any atom is -0.365 e. The molecular formula is C19H16N4S. The molecule has 24 heavy (non-hydrogen) atoms. The highest BCUT2D eigenvalue weighted by molar-refractivity contribution is 7.98. The lowest BCUT2D eigenvalue weighted by molar-refractivity contribution is 0.955. The monoisotopic (exact) mass is 332 g/mol. The van der Waals surface area contributed by atoms with E-state index < -0.39 is 0 Å². The average molecular weight is 332 g/mol. The van der Waals surface area contributed by atoms with E-state index >= 15 is 0 Å². The summed E-state index contributed by atoms with van der Waals surface area (Å²) < 4.78 is 0. The summed E-state index contributed by atoms with van der Waals surface area (Å²) >= 11 is 1.46. The lowest BCUT2D eigenvalue weighted by Crippen LogP contribution is -2.07. The number of nitrogens with one attached hydrogen (secondary N) is 1. The molecule has 3 rings (SSSR count). The summed E-state index contributed by atoms with van der Waals surface area (Å²) in [4.78, 5) is 9.02. The third kappa shape index (κ3) is 3.55. The van der Waals surface area contributed by atoms with Gasteiger partial charge in [0.2, 0.25) is 0 Å². The van der Waals surface area contributed by atoms with Gasteiger partial charge in [0.15, 0.2) is 5.16 Å². The van der Waals surface area contributed by atoms with Gasteiger partial charge in [0.1, 0.15) is 17.5 Å². The van der Waals surface area contributed by atoms with Gasteiger partial charge in [0.25, 0.3) is 0 Å². The van der Waals surface area contributed by atoms with Gasteiger partial charge in [-0.3, -0.25) is 0 Å². The third-order valence-electron chi connectivity index (χ3n) is 3.53. The second-order valence-electron chi connectivity index (χ2n) is 5.10. The summed E-state index contributed by atoms with van der Waals surface area (Å²) in [6.07, 6.45) is 1.93. The topological polar surface area (TPSA) is 61.6 Å². The number of hydrogen-bond donors (Lipinski definition) is 1. The van der Waals surface area contributed by atoms with Crippen LogP contribution in [0, 0.1) is 11.3 Å². The van der Waals surface area contributed by atoms with E-state index in [0.29, 0.717) is 28.8 Å². The lowest BCUT2D eigenvalue weighted by Gasteiger charge is -2.12. The van der Waals surface area contributed by atoms with Crippen LogP contribution in [-0.4, -0.2) is 16.2 Å². The second-order valence-corrected chi connectivity index (χ2v) is 5.87. The minimum atomic E-state index is 0.468. The molecule has 1 N–H and O–H groups in total. The van der Waals surface area contributed by atoms with E-state index in [4.69, 9.17) is 0 Å². The van der Waals surface area contributed by atoms with Gasteiger partial charge in [0.05, 0.1) is 5.69 Å². The van der Waals surface area contributed by atoms with Gasteiger partial charge in [-0.2, -0.15) is 5.26 Å². The quantitative estimate of drug-likeness (QED) is 0.556. The Hall–Kier alpha value is -2.84. The van der Waals surface area contributed by atoms with E-state index in [1.807, 2.05) is 66.9 Å². The van der Waals surface area contributed by atoms with Crippen molar-refractivity contribution >= 4 is 17.6 Å². The van der Waals surface area contributed by atoms with Crippen molar-refractivity contribution in [2.24, 2.45) is 0 Å². The van der Waals surface area contributed by atoms with Gasteiger partial charge in [-0.15, -0.1) is 0 Å². The molecule has 0 bridgehead atoms. The molecule has 1 heterocycles. The van der Waals surface area contributed by atoms with E-state index in [9.17, 15) is 5.26 Å². The molecule has 0 radical (unpaired) electrons. The Balaban J connectivity index is 2.00. The smallest absolute Gasteiger partial charge is 0.189 e. The Morgan fingerprint density at radius 3 is 2.29 bits per heavy atom. The maximum Gasteiger partial charge on any atom is 0.189 e. The van der Waals surface area contributed by atoms with Crippen molar-refractivity contribution in [3.8, 4) is 17.3 Å². The number of benzene rings is 2. The third-order valence-corrected chi connectivity index (χ3v) is 4.08. The molecule has 0 amide bonds. The summed E-state index contributed by atoms with van der Waals surface area (Å²) in [5.41, 5.74) is 3.17. The van der Waals surface area contributed by atoms with Crippen LogP contribution in [0.5, 0.6) is 0 Å². The van der Waals surface area contributed by atoms with Gasteiger partial charge in [-0.05, 0) is 11.8 Å². The van der Waals surface area contributed by atoms with E-state index in [2.05, 4.69) is 21.4 Å². The molecule has 0 fully saturated rings. The molecule has 0 saturated heterocycles. The Morgan fingerprint density at radius 2 is 1.67 bits per heavy atom. The van der Waals surface area contributed by atoms with Crippen LogP contribution in [0.25, 0.3) is 11.3 Å². The van der Waals surface area contributed by atoms with Crippen molar-refractivity contribution in [3.05, 3.63) is 71.8 Å². The lowest BCUT2D eigenvalue weighted by atomic mass is 10.1. The van der Waals surface area contributed by atoms with Crippen molar-refractivity contribution in [1.82, 2.24) is 9.97 Å². The molecular weight excluding hydrogens is 316 g/mol. The first-order chi connectivity index (χ1) is 11.8.